The van der Waals surface area contributed by atoms with E-state index in [9.17, 15) is 0 Å². The van der Waals surface area contributed by atoms with Gasteiger partial charge in [0.25, 0.3) is 0 Å². The molecule has 19 heavy (non-hydrogen) atoms. The predicted octanol–water partition coefficient (Wildman–Crippen LogP) is 3.85. The van der Waals surface area contributed by atoms with Crippen LogP contribution in [0.25, 0.3) is 0 Å². The van der Waals surface area contributed by atoms with Crippen LogP contribution in [0.3, 0.4) is 0 Å². The zero-order valence-corrected chi connectivity index (χ0v) is 12.3. The summed E-state index contributed by atoms with van der Waals surface area (Å²) in [5.74, 6) is 0. The molecule has 0 aliphatic carbocycles. The summed E-state index contributed by atoms with van der Waals surface area (Å²) in [4.78, 5) is 6.02. The zero-order chi connectivity index (χ0) is 13.7. The smallest absolute Gasteiger partial charge is 0.0251 e. The highest BCUT2D eigenvalue weighted by atomic mass is 15.1. The zero-order valence-electron chi connectivity index (χ0n) is 12.3. The Labute approximate surface area is 117 Å². The Hall–Kier alpha value is -1.28. The van der Waals surface area contributed by atoms with Crippen molar-refractivity contribution in [3.63, 3.8) is 0 Å². The second-order valence-electron chi connectivity index (χ2n) is 5.56. The van der Waals surface area contributed by atoms with E-state index in [0.29, 0.717) is 0 Å². The topological polar surface area (TPSA) is 19.0 Å². The molecule has 0 bridgehead atoms. The molecule has 0 radical (unpaired) electrons. The van der Waals surface area contributed by atoms with Gasteiger partial charge in [-0.25, -0.2) is 0 Å². The van der Waals surface area contributed by atoms with Crippen molar-refractivity contribution < 1.29 is 0 Å². The molecule has 2 heterocycles. The Morgan fingerprint density at radius 2 is 2.16 bits per heavy atom. The number of allylic oxidation sites excluding steroid dienone is 3. The summed E-state index contributed by atoms with van der Waals surface area (Å²) in [5, 5.41) is 0. The van der Waals surface area contributed by atoms with Crippen LogP contribution in [0.5, 0.6) is 0 Å². The predicted molar refractivity (Wildman–Crippen MR) is 82.3 cm³/mol. The fourth-order valence-electron chi connectivity index (χ4n) is 2.81. The van der Waals surface area contributed by atoms with Crippen molar-refractivity contribution in [2.24, 2.45) is 0 Å². The molecule has 0 amide bonds. The molecule has 2 rings (SSSR count). The Morgan fingerprint density at radius 1 is 1.42 bits per heavy atom. The van der Waals surface area contributed by atoms with Crippen molar-refractivity contribution in [1.29, 1.82) is 0 Å². The Kier molecular flexibility index (Phi) is 5.03. The van der Waals surface area contributed by atoms with Gasteiger partial charge in [-0.1, -0.05) is 31.2 Å². The normalized spacial score (nSPS) is 16.5. The summed E-state index contributed by atoms with van der Waals surface area (Å²) in [5.41, 5.74) is 5.48. The third-order valence-electron chi connectivity index (χ3n) is 3.84. The largest absolute Gasteiger partial charge is 0.364 e. The molecular formula is C17H26N2. The van der Waals surface area contributed by atoms with Crippen molar-refractivity contribution in [2.45, 2.75) is 46.1 Å². The molecule has 1 aliphatic rings. The van der Waals surface area contributed by atoms with Gasteiger partial charge in [0, 0.05) is 18.4 Å². The minimum absolute atomic E-state index is 1.02. The van der Waals surface area contributed by atoms with Crippen LogP contribution in [0.4, 0.5) is 0 Å². The summed E-state index contributed by atoms with van der Waals surface area (Å²) in [6.45, 7) is 11.8. The van der Waals surface area contributed by atoms with Gasteiger partial charge in [0.1, 0.15) is 0 Å². The minimum atomic E-state index is 1.02. The van der Waals surface area contributed by atoms with E-state index in [1.807, 2.05) is 6.92 Å². The van der Waals surface area contributed by atoms with Gasteiger partial charge < -0.3 is 4.98 Å². The Bertz CT molecular complexity index is 448. The Balaban J connectivity index is 2.08. The molecule has 1 aromatic rings. The first-order valence-electron chi connectivity index (χ1n) is 7.43. The highest BCUT2D eigenvalue weighted by molar-refractivity contribution is 5.33. The van der Waals surface area contributed by atoms with Crippen molar-refractivity contribution in [3.05, 3.63) is 47.3 Å². The molecule has 2 heteroatoms. The lowest BCUT2D eigenvalue weighted by atomic mass is 10.0. The summed E-state index contributed by atoms with van der Waals surface area (Å²) >= 11 is 0. The number of hydrogen-bond donors (Lipinski definition) is 1. The summed E-state index contributed by atoms with van der Waals surface area (Å²) in [6.07, 6.45) is 11.4. The Morgan fingerprint density at radius 3 is 2.79 bits per heavy atom. The van der Waals surface area contributed by atoms with Crippen LogP contribution in [0.15, 0.2) is 30.5 Å². The highest BCUT2D eigenvalue weighted by Crippen LogP contribution is 2.20. The van der Waals surface area contributed by atoms with Crippen LogP contribution in [-0.2, 0) is 19.4 Å². The fourth-order valence-corrected chi connectivity index (χ4v) is 2.81. The summed E-state index contributed by atoms with van der Waals surface area (Å²) in [7, 11) is 0. The third-order valence-corrected chi connectivity index (χ3v) is 3.84. The number of aromatic nitrogens is 1. The molecule has 1 saturated heterocycles. The lowest BCUT2D eigenvalue weighted by molar-refractivity contribution is 0.330. The summed E-state index contributed by atoms with van der Waals surface area (Å²) < 4.78 is 0. The molecule has 1 aromatic heterocycles. The van der Waals surface area contributed by atoms with Crippen molar-refractivity contribution in [2.75, 3.05) is 13.1 Å². The second kappa shape index (κ2) is 6.76. The van der Waals surface area contributed by atoms with E-state index < -0.39 is 0 Å². The lowest BCUT2D eigenvalue weighted by Gasteiger charge is -2.15. The van der Waals surface area contributed by atoms with Crippen LogP contribution in [0.2, 0.25) is 0 Å². The number of hydrogen-bond acceptors (Lipinski definition) is 1. The van der Waals surface area contributed by atoms with E-state index >= 15 is 0 Å². The molecule has 1 fully saturated rings. The maximum absolute atomic E-state index is 3.92. The molecule has 104 valence electrons. The number of H-pyrrole nitrogens is 1. The van der Waals surface area contributed by atoms with Gasteiger partial charge in [-0.05, 0) is 56.8 Å². The van der Waals surface area contributed by atoms with Crippen molar-refractivity contribution in [3.8, 4) is 0 Å². The van der Waals surface area contributed by atoms with Crippen LogP contribution in [0.1, 0.15) is 43.5 Å². The number of nitrogens with zero attached hydrogens (tertiary/aromatic N) is 1. The fraction of sp³-hybridized carbons (Fsp3) is 0.529. The van der Waals surface area contributed by atoms with Gasteiger partial charge in [0.15, 0.2) is 0 Å². The number of nitrogens with one attached hydrogen (secondary N) is 1. The highest BCUT2D eigenvalue weighted by Gasteiger charge is 2.15. The molecule has 0 unspecified atom stereocenters. The van der Waals surface area contributed by atoms with Gasteiger partial charge in [0.2, 0.25) is 0 Å². The van der Waals surface area contributed by atoms with E-state index in [2.05, 4.69) is 41.7 Å². The monoisotopic (exact) mass is 258 g/mol. The van der Waals surface area contributed by atoms with Crippen LogP contribution in [-0.4, -0.2) is 23.0 Å². The SMILES string of the molecule is C=C(C)/C=C\Cc1c(CN2CCCC2)c[nH]c1CC. The number of likely N-dealkylation sites (tertiary alicyclic amines) is 1. The van der Waals surface area contributed by atoms with Gasteiger partial charge in [-0.15, -0.1) is 0 Å². The molecule has 0 aromatic carbocycles. The van der Waals surface area contributed by atoms with Gasteiger partial charge in [0.05, 0.1) is 0 Å². The molecule has 0 atom stereocenters. The van der Waals surface area contributed by atoms with E-state index in [-0.39, 0.29) is 0 Å². The van der Waals surface area contributed by atoms with Crippen LogP contribution >= 0.6 is 0 Å². The molecular weight excluding hydrogens is 232 g/mol. The molecule has 1 aliphatic heterocycles. The molecule has 1 N–H and O–H groups in total. The molecule has 2 nitrogen and oxygen atoms in total. The molecule has 0 spiro atoms. The second-order valence-corrected chi connectivity index (χ2v) is 5.56. The molecule has 0 saturated carbocycles. The van der Waals surface area contributed by atoms with E-state index in [4.69, 9.17) is 0 Å². The average molecular weight is 258 g/mol. The van der Waals surface area contributed by atoms with Gasteiger partial charge >= 0.3 is 0 Å². The number of aryl methyl sites for hydroxylation is 1. The van der Waals surface area contributed by atoms with Gasteiger partial charge in [-0.2, -0.15) is 0 Å². The maximum atomic E-state index is 3.92. The quantitative estimate of drug-likeness (QED) is 0.768. The van der Waals surface area contributed by atoms with Crippen molar-refractivity contribution in [1.82, 2.24) is 9.88 Å². The van der Waals surface area contributed by atoms with Crippen molar-refractivity contribution >= 4 is 0 Å². The number of aromatic amines is 1. The lowest BCUT2D eigenvalue weighted by Crippen LogP contribution is -2.18. The van der Waals surface area contributed by atoms with E-state index in [1.54, 1.807) is 0 Å². The third kappa shape index (κ3) is 3.84. The average Bonchev–Trinajstić information content (AvgIpc) is 3.00. The first-order chi connectivity index (χ1) is 9.20. The maximum Gasteiger partial charge on any atom is 0.0251 e. The standard InChI is InChI=1S/C17H26N2/c1-4-17-16(9-7-8-14(2)3)15(12-18-17)13-19-10-5-6-11-19/h7-8,12,18H,2,4-6,9-11,13H2,1,3H3/b8-7-. The van der Waals surface area contributed by atoms with E-state index in [1.165, 1.54) is 42.8 Å². The number of rotatable bonds is 6. The van der Waals surface area contributed by atoms with Crippen LogP contribution < -0.4 is 0 Å². The minimum Gasteiger partial charge on any atom is -0.364 e. The van der Waals surface area contributed by atoms with Gasteiger partial charge in [-0.3, -0.25) is 4.90 Å². The summed E-state index contributed by atoms with van der Waals surface area (Å²) in [6, 6.07) is 0. The first-order valence-corrected chi connectivity index (χ1v) is 7.43. The van der Waals surface area contributed by atoms with E-state index in [0.717, 1.165) is 25.0 Å². The first kappa shape index (κ1) is 14.1. The van der Waals surface area contributed by atoms with Crippen LogP contribution in [0, 0.1) is 0 Å².